The van der Waals surface area contributed by atoms with E-state index in [1.807, 2.05) is 0 Å². The molecule has 0 N–H and O–H groups in total. The summed E-state index contributed by atoms with van der Waals surface area (Å²) < 4.78 is 0. The van der Waals surface area contributed by atoms with Crippen LogP contribution in [-0.2, 0) is 4.79 Å². The third-order valence-electron chi connectivity index (χ3n) is 2.39. The van der Waals surface area contributed by atoms with E-state index in [9.17, 15) is 4.79 Å². The average molecular weight is 198 g/mol. The lowest BCUT2D eigenvalue weighted by atomic mass is 10.3. The van der Waals surface area contributed by atoms with Crippen LogP contribution in [0.15, 0.2) is 12.8 Å². The second-order valence-electron chi connectivity index (χ2n) is 3.28. The van der Waals surface area contributed by atoms with Crippen molar-refractivity contribution in [3.63, 3.8) is 0 Å². The van der Waals surface area contributed by atoms with E-state index in [-0.39, 0.29) is 5.91 Å². The van der Waals surface area contributed by atoms with E-state index in [1.165, 1.54) is 0 Å². The smallest absolute Gasteiger partial charge is 0.223 e. The summed E-state index contributed by atoms with van der Waals surface area (Å²) >= 11 is 0. The van der Waals surface area contributed by atoms with Crippen molar-refractivity contribution in [2.24, 2.45) is 0 Å². The lowest BCUT2D eigenvalue weighted by molar-refractivity contribution is -0.126. The van der Waals surface area contributed by atoms with E-state index < -0.39 is 0 Å². The zero-order valence-corrected chi connectivity index (χ0v) is 9.62. The summed E-state index contributed by atoms with van der Waals surface area (Å²) in [5, 5.41) is 0. The first-order valence-corrected chi connectivity index (χ1v) is 5.27. The van der Waals surface area contributed by atoms with Crippen molar-refractivity contribution in [3.8, 4) is 0 Å². The fourth-order valence-corrected chi connectivity index (χ4v) is 1.38. The largest absolute Gasteiger partial charge is 0.320 e. The second-order valence-corrected chi connectivity index (χ2v) is 3.28. The minimum atomic E-state index is 0.0690. The van der Waals surface area contributed by atoms with E-state index in [2.05, 4.69) is 25.3 Å². The third-order valence-corrected chi connectivity index (χ3v) is 2.39. The van der Waals surface area contributed by atoms with E-state index in [1.54, 1.807) is 18.0 Å². The van der Waals surface area contributed by atoms with Gasteiger partial charge in [-0.15, -0.1) is 0 Å². The van der Waals surface area contributed by atoms with E-state index in [4.69, 9.17) is 0 Å². The van der Waals surface area contributed by atoms with Crippen molar-refractivity contribution >= 4 is 5.91 Å². The Morgan fingerprint density at radius 1 is 1.29 bits per heavy atom. The van der Waals surface area contributed by atoms with Gasteiger partial charge in [0.1, 0.15) is 0 Å². The van der Waals surface area contributed by atoms with Crippen molar-refractivity contribution in [1.82, 2.24) is 9.80 Å². The van der Waals surface area contributed by atoms with Crippen molar-refractivity contribution in [1.29, 1.82) is 0 Å². The van der Waals surface area contributed by atoms with Crippen LogP contribution in [0.4, 0.5) is 0 Å². The molecule has 14 heavy (non-hydrogen) atoms. The maximum Gasteiger partial charge on any atom is 0.223 e. The highest BCUT2D eigenvalue weighted by atomic mass is 16.2. The highest BCUT2D eigenvalue weighted by Gasteiger charge is 2.04. The molecule has 1 amide bonds. The van der Waals surface area contributed by atoms with Gasteiger partial charge in [-0.3, -0.25) is 4.79 Å². The van der Waals surface area contributed by atoms with Gasteiger partial charge < -0.3 is 9.80 Å². The number of hydrogen-bond acceptors (Lipinski definition) is 2. The van der Waals surface area contributed by atoms with Crippen LogP contribution in [0.25, 0.3) is 0 Å². The Kier molecular flexibility index (Phi) is 7.11. The molecule has 0 aliphatic carbocycles. The van der Waals surface area contributed by atoms with Gasteiger partial charge in [0.2, 0.25) is 5.91 Å². The molecule has 0 aromatic heterocycles. The Labute approximate surface area is 87.4 Å². The van der Waals surface area contributed by atoms with E-state index >= 15 is 0 Å². The van der Waals surface area contributed by atoms with E-state index in [0.29, 0.717) is 0 Å². The quantitative estimate of drug-likeness (QED) is 0.622. The SMILES string of the molecule is C=CN(CCCN(CC)CC)C(C)=O. The Balaban J connectivity index is 3.70. The molecule has 0 saturated carbocycles. The standard InChI is InChI=1S/C11H22N2O/c1-5-12(6-2)9-8-10-13(7-3)11(4)14/h7H,3,5-6,8-10H2,1-2,4H3. The van der Waals surface area contributed by atoms with Crippen LogP contribution in [0.3, 0.4) is 0 Å². The first-order valence-electron chi connectivity index (χ1n) is 5.27. The van der Waals surface area contributed by atoms with Gasteiger partial charge >= 0.3 is 0 Å². The maximum absolute atomic E-state index is 11.0. The number of amides is 1. The molecule has 0 unspecified atom stereocenters. The van der Waals surface area contributed by atoms with Crippen LogP contribution in [0, 0.1) is 0 Å². The zero-order chi connectivity index (χ0) is 11.0. The first-order chi connectivity index (χ1) is 6.65. The average Bonchev–Trinajstić information content (AvgIpc) is 2.18. The van der Waals surface area contributed by atoms with Crippen molar-refractivity contribution < 1.29 is 4.79 Å². The van der Waals surface area contributed by atoms with Crippen LogP contribution in [0.2, 0.25) is 0 Å². The molecule has 82 valence electrons. The number of rotatable bonds is 7. The lowest BCUT2D eigenvalue weighted by Gasteiger charge is -2.20. The Bertz CT molecular complexity index is 176. The molecule has 0 aromatic rings. The molecule has 0 heterocycles. The lowest BCUT2D eigenvalue weighted by Crippen LogP contribution is -2.29. The molecule has 0 rings (SSSR count). The summed E-state index contributed by atoms with van der Waals surface area (Å²) in [5.74, 6) is 0.0690. The van der Waals surface area contributed by atoms with Gasteiger partial charge in [0, 0.05) is 13.5 Å². The molecule has 0 atom stereocenters. The molecule has 0 aliphatic heterocycles. The number of carbonyl (C=O) groups is 1. The highest BCUT2D eigenvalue weighted by Crippen LogP contribution is 1.96. The summed E-state index contributed by atoms with van der Waals surface area (Å²) in [6.45, 7) is 13.5. The Morgan fingerprint density at radius 3 is 2.21 bits per heavy atom. The molecule has 0 aliphatic rings. The topological polar surface area (TPSA) is 23.6 Å². The second kappa shape index (κ2) is 7.56. The zero-order valence-electron chi connectivity index (χ0n) is 9.62. The molecule has 0 fully saturated rings. The van der Waals surface area contributed by atoms with Gasteiger partial charge in [0.15, 0.2) is 0 Å². The highest BCUT2D eigenvalue weighted by molar-refractivity contribution is 5.74. The molecule has 3 heteroatoms. The molecular weight excluding hydrogens is 176 g/mol. The van der Waals surface area contributed by atoms with Gasteiger partial charge in [-0.1, -0.05) is 20.4 Å². The fourth-order valence-electron chi connectivity index (χ4n) is 1.38. The summed E-state index contributed by atoms with van der Waals surface area (Å²) in [6.07, 6.45) is 2.61. The van der Waals surface area contributed by atoms with Crippen LogP contribution in [0.5, 0.6) is 0 Å². The molecule has 0 aromatic carbocycles. The van der Waals surface area contributed by atoms with Crippen LogP contribution in [-0.4, -0.2) is 41.9 Å². The summed E-state index contributed by atoms with van der Waals surface area (Å²) in [5.41, 5.74) is 0. The predicted octanol–water partition coefficient (Wildman–Crippen LogP) is 1.71. The van der Waals surface area contributed by atoms with Gasteiger partial charge in [-0.25, -0.2) is 0 Å². The van der Waals surface area contributed by atoms with Crippen molar-refractivity contribution in [2.75, 3.05) is 26.2 Å². The number of nitrogens with zero attached hydrogens (tertiary/aromatic N) is 2. The summed E-state index contributed by atoms with van der Waals surface area (Å²) in [4.78, 5) is 15.0. The predicted molar refractivity (Wildman–Crippen MR) is 60.0 cm³/mol. The van der Waals surface area contributed by atoms with Gasteiger partial charge in [-0.05, 0) is 32.3 Å². The first kappa shape index (κ1) is 13.2. The normalized spacial score (nSPS) is 10.3. The van der Waals surface area contributed by atoms with E-state index in [0.717, 1.165) is 32.6 Å². The van der Waals surface area contributed by atoms with Gasteiger partial charge in [0.05, 0.1) is 0 Å². The minimum absolute atomic E-state index is 0.0690. The number of hydrogen-bond donors (Lipinski definition) is 0. The van der Waals surface area contributed by atoms with Crippen LogP contribution < -0.4 is 0 Å². The maximum atomic E-state index is 11.0. The number of carbonyl (C=O) groups excluding carboxylic acids is 1. The van der Waals surface area contributed by atoms with Crippen molar-refractivity contribution in [3.05, 3.63) is 12.8 Å². The molecular formula is C11H22N2O. The Morgan fingerprint density at radius 2 is 1.86 bits per heavy atom. The van der Waals surface area contributed by atoms with Crippen molar-refractivity contribution in [2.45, 2.75) is 27.2 Å². The molecule has 0 spiro atoms. The Hall–Kier alpha value is -0.830. The summed E-state index contributed by atoms with van der Waals surface area (Å²) in [6, 6.07) is 0. The molecule has 0 radical (unpaired) electrons. The van der Waals surface area contributed by atoms with Gasteiger partial charge in [-0.2, -0.15) is 0 Å². The molecule has 0 bridgehead atoms. The fraction of sp³-hybridized carbons (Fsp3) is 0.727. The molecule has 3 nitrogen and oxygen atoms in total. The van der Waals surface area contributed by atoms with Crippen LogP contribution >= 0.6 is 0 Å². The van der Waals surface area contributed by atoms with Crippen LogP contribution in [0.1, 0.15) is 27.2 Å². The molecule has 0 saturated heterocycles. The minimum Gasteiger partial charge on any atom is -0.320 e. The monoisotopic (exact) mass is 198 g/mol. The third kappa shape index (κ3) is 5.02. The summed E-state index contributed by atoms with van der Waals surface area (Å²) in [7, 11) is 0. The van der Waals surface area contributed by atoms with Gasteiger partial charge in [0.25, 0.3) is 0 Å².